The standard InChI is InChI=1S/C13H15N3O3/c1-8-11(15-5-4-9(17)6-15)2-3-12-14-10(13(18)19)7-16(8)12/h2-3,7,9,17H,4-6H2,1H3,(H,18,19). The number of pyridine rings is 1. The number of rotatable bonds is 2. The number of hydrogen-bond donors (Lipinski definition) is 2. The van der Waals surface area contributed by atoms with E-state index in [1.165, 1.54) is 6.20 Å². The number of carboxylic acid groups (broad SMARTS) is 1. The number of carbonyl (C=O) groups is 1. The van der Waals surface area contributed by atoms with E-state index in [9.17, 15) is 9.90 Å². The van der Waals surface area contributed by atoms with E-state index >= 15 is 0 Å². The van der Waals surface area contributed by atoms with Crippen LogP contribution in [0.1, 0.15) is 22.6 Å². The Morgan fingerprint density at radius 2 is 2.26 bits per heavy atom. The Labute approximate surface area is 109 Å². The first-order valence-electron chi connectivity index (χ1n) is 6.21. The van der Waals surface area contributed by atoms with Crippen LogP contribution in [0, 0.1) is 6.92 Å². The number of aliphatic hydroxyl groups is 1. The summed E-state index contributed by atoms with van der Waals surface area (Å²) in [6, 6.07) is 3.74. The fraction of sp³-hybridized carbons (Fsp3) is 0.385. The SMILES string of the molecule is Cc1c(N2CCC(O)C2)ccc2nc(C(=O)O)cn12. The number of anilines is 1. The maximum Gasteiger partial charge on any atom is 0.356 e. The van der Waals surface area contributed by atoms with Crippen molar-refractivity contribution in [2.45, 2.75) is 19.4 Å². The third-order valence-electron chi connectivity index (χ3n) is 3.58. The van der Waals surface area contributed by atoms with Crippen LogP contribution >= 0.6 is 0 Å². The average molecular weight is 261 g/mol. The minimum absolute atomic E-state index is 0.0432. The molecule has 6 heteroatoms. The zero-order valence-electron chi connectivity index (χ0n) is 10.6. The first kappa shape index (κ1) is 12.0. The molecule has 1 saturated heterocycles. The summed E-state index contributed by atoms with van der Waals surface area (Å²) in [5.74, 6) is -1.03. The molecule has 0 spiro atoms. The highest BCUT2D eigenvalue weighted by Gasteiger charge is 2.22. The third kappa shape index (κ3) is 1.94. The molecule has 100 valence electrons. The van der Waals surface area contributed by atoms with Crippen LogP contribution in [0.25, 0.3) is 5.65 Å². The van der Waals surface area contributed by atoms with Gasteiger partial charge in [-0.1, -0.05) is 0 Å². The van der Waals surface area contributed by atoms with Crippen molar-refractivity contribution >= 4 is 17.3 Å². The van der Waals surface area contributed by atoms with Gasteiger partial charge in [0.2, 0.25) is 0 Å². The summed E-state index contributed by atoms with van der Waals surface area (Å²) >= 11 is 0. The van der Waals surface area contributed by atoms with Crippen LogP contribution in [0.3, 0.4) is 0 Å². The van der Waals surface area contributed by atoms with Gasteiger partial charge in [0.05, 0.1) is 11.8 Å². The van der Waals surface area contributed by atoms with Gasteiger partial charge in [-0.15, -0.1) is 0 Å². The van der Waals surface area contributed by atoms with Crippen LogP contribution in [0.5, 0.6) is 0 Å². The highest BCUT2D eigenvalue weighted by atomic mass is 16.4. The van der Waals surface area contributed by atoms with Gasteiger partial charge in [-0.05, 0) is 25.5 Å². The summed E-state index contributed by atoms with van der Waals surface area (Å²) in [5.41, 5.74) is 2.62. The van der Waals surface area contributed by atoms with Crippen LogP contribution in [0.2, 0.25) is 0 Å². The van der Waals surface area contributed by atoms with Gasteiger partial charge in [-0.25, -0.2) is 9.78 Å². The minimum Gasteiger partial charge on any atom is -0.476 e. The van der Waals surface area contributed by atoms with Gasteiger partial charge in [0.1, 0.15) is 5.65 Å². The molecule has 3 heterocycles. The smallest absolute Gasteiger partial charge is 0.356 e. The van der Waals surface area contributed by atoms with Crippen LogP contribution in [0.4, 0.5) is 5.69 Å². The molecule has 2 aromatic rings. The molecule has 1 aliphatic heterocycles. The molecule has 1 aliphatic rings. The van der Waals surface area contributed by atoms with Crippen LogP contribution < -0.4 is 4.90 Å². The van der Waals surface area contributed by atoms with Crippen molar-refractivity contribution in [2.75, 3.05) is 18.0 Å². The summed E-state index contributed by atoms with van der Waals surface area (Å²) in [7, 11) is 0. The summed E-state index contributed by atoms with van der Waals surface area (Å²) in [4.78, 5) is 17.1. The van der Waals surface area contributed by atoms with E-state index in [0.29, 0.717) is 12.2 Å². The number of nitrogens with zero attached hydrogens (tertiary/aromatic N) is 3. The van der Waals surface area contributed by atoms with Gasteiger partial charge >= 0.3 is 5.97 Å². The fourth-order valence-corrected chi connectivity index (χ4v) is 2.58. The summed E-state index contributed by atoms with van der Waals surface area (Å²) in [6.07, 6.45) is 2.01. The number of aliphatic hydroxyl groups excluding tert-OH is 1. The van der Waals surface area contributed by atoms with Crippen molar-refractivity contribution in [3.05, 3.63) is 29.7 Å². The Bertz CT molecular complexity index is 650. The van der Waals surface area contributed by atoms with Crippen molar-refractivity contribution in [3.8, 4) is 0 Å². The molecule has 3 rings (SSSR count). The van der Waals surface area contributed by atoms with Gasteiger partial charge in [0.15, 0.2) is 5.69 Å². The average Bonchev–Trinajstić information content (AvgIpc) is 2.96. The van der Waals surface area contributed by atoms with E-state index in [4.69, 9.17) is 5.11 Å². The lowest BCUT2D eigenvalue weighted by Crippen LogP contribution is -2.22. The lowest BCUT2D eigenvalue weighted by molar-refractivity contribution is 0.0691. The molecule has 0 saturated carbocycles. The van der Waals surface area contributed by atoms with E-state index in [1.54, 1.807) is 10.5 Å². The lowest BCUT2D eigenvalue weighted by Gasteiger charge is -2.20. The predicted octanol–water partition coefficient (Wildman–Crippen LogP) is 0.912. The van der Waals surface area contributed by atoms with Crippen molar-refractivity contribution in [2.24, 2.45) is 0 Å². The van der Waals surface area contributed by atoms with Crippen molar-refractivity contribution < 1.29 is 15.0 Å². The highest BCUT2D eigenvalue weighted by Crippen LogP contribution is 2.25. The second-order valence-electron chi connectivity index (χ2n) is 4.85. The van der Waals surface area contributed by atoms with Crippen molar-refractivity contribution in [1.29, 1.82) is 0 Å². The minimum atomic E-state index is -1.03. The number of β-amino-alcohol motifs (C(OH)–C–C–N with tert-alkyl or cyclic N) is 1. The Hall–Kier alpha value is -2.08. The maximum atomic E-state index is 10.9. The van der Waals surface area contributed by atoms with E-state index in [2.05, 4.69) is 9.88 Å². The summed E-state index contributed by atoms with van der Waals surface area (Å²) in [6.45, 7) is 3.36. The first-order chi connectivity index (χ1) is 9.06. The van der Waals surface area contributed by atoms with Crippen LogP contribution in [-0.4, -0.2) is 44.8 Å². The molecule has 2 N–H and O–H groups in total. The van der Waals surface area contributed by atoms with Gasteiger partial charge in [-0.2, -0.15) is 0 Å². The van der Waals surface area contributed by atoms with Crippen molar-refractivity contribution in [1.82, 2.24) is 9.38 Å². The number of carboxylic acids is 1. The van der Waals surface area contributed by atoms with Gasteiger partial charge in [0.25, 0.3) is 0 Å². The van der Waals surface area contributed by atoms with Gasteiger partial charge < -0.3 is 19.5 Å². The molecule has 0 aliphatic carbocycles. The molecule has 1 unspecified atom stereocenters. The number of imidazole rings is 1. The number of aromatic nitrogens is 2. The molecule has 0 aromatic carbocycles. The highest BCUT2D eigenvalue weighted by molar-refractivity contribution is 5.86. The number of hydrogen-bond acceptors (Lipinski definition) is 4. The second kappa shape index (κ2) is 4.24. The first-order valence-corrected chi connectivity index (χ1v) is 6.21. The molecule has 0 amide bonds. The van der Waals surface area contributed by atoms with E-state index in [-0.39, 0.29) is 11.8 Å². The topological polar surface area (TPSA) is 78.1 Å². The van der Waals surface area contributed by atoms with Gasteiger partial charge in [0, 0.05) is 25.0 Å². The van der Waals surface area contributed by atoms with Crippen molar-refractivity contribution in [3.63, 3.8) is 0 Å². The zero-order chi connectivity index (χ0) is 13.6. The Morgan fingerprint density at radius 3 is 2.89 bits per heavy atom. The quantitative estimate of drug-likeness (QED) is 0.840. The molecule has 0 bridgehead atoms. The predicted molar refractivity (Wildman–Crippen MR) is 69.7 cm³/mol. The summed E-state index contributed by atoms with van der Waals surface area (Å²) < 4.78 is 1.78. The normalized spacial score (nSPS) is 19.3. The van der Waals surface area contributed by atoms with Crippen LogP contribution in [-0.2, 0) is 0 Å². The summed E-state index contributed by atoms with van der Waals surface area (Å²) in [5, 5.41) is 18.6. The Kier molecular flexibility index (Phi) is 2.67. The number of fused-ring (bicyclic) bond motifs is 1. The molecule has 1 atom stereocenters. The van der Waals surface area contributed by atoms with Gasteiger partial charge in [-0.3, -0.25) is 0 Å². The number of aromatic carboxylic acids is 1. The molecular formula is C13H15N3O3. The largest absolute Gasteiger partial charge is 0.476 e. The van der Waals surface area contributed by atoms with Crippen LogP contribution in [0.15, 0.2) is 18.3 Å². The molecule has 6 nitrogen and oxygen atoms in total. The second-order valence-corrected chi connectivity index (χ2v) is 4.85. The maximum absolute atomic E-state index is 10.9. The Morgan fingerprint density at radius 1 is 1.47 bits per heavy atom. The van der Waals surface area contributed by atoms with E-state index in [1.807, 2.05) is 13.0 Å². The molecule has 2 aromatic heterocycles. The zero-order valence-corrected chi connectivity index (χ0v) is 10.6. The molecular weight excluding hydrogens is 246 g/mol. The monoisotopic (exact) mass is 261 g/mol. The lowest BCUT2D eigenvalue weighted by atomic mass is 10.3. The number of aryl methyl sites for hydroxylation is 1. The molecule has 1 fully saturated rings. The Balaban J connectivity index is 2.07. The molecule has 19 heavy (non-hydrogen) atoms. The fourth-order valence-electron chi connectivity index (χ4n) is 2.58. The van der Waals surface area contributed by atoms with E-state index < -0.39 is 5.97 Å². The third-order valence-corrected chi connectivity index (χ3v) is 3.58. The van der Waals surface area contributed by atoms with E-state index in [0.717, 1.165) is 24.3 Å². The molecule has 0 radical (unpaired) electrons.